The fourth-order valence-corrected chi connectivity index (χ4v) is 1.76. The van der Waals surface area contributed by atoms with Gasteiger partial charge in [-0.2, -0.15) is 5.10 Å². The van der Waals surface area contributed by atoms with E-state index >= 15 is 0 Å². The van der Waals surface area contributed by atoms with Gasteiger partial charge in [-0.3, -0.25) is 0 Å². The highest BCUT2D eigenvalue weighted by Crippen LogP contribution is 2.12. The topological polar surface area (TPSA) is 68.0 Å². The molecule has 0 spiro atoms. The molecule has 0 saturated carbocycles. The summed E-state index contributed by atoms with van der Waals surface area (Å²) in [5.74, 6) is 1.09. The van der Waals surface area contributed by atoms with Crippen LogP contribution in [0.2, 0.25) is 0 Å². The average Bonchev–Trinajstić information content (AvgIpc) is 2.72. The summed E-state index contributed by atoms with van der Waals surface area (Å²) in [5, 5.41) is 13.3. The molecule has 0 radical (unpaired) electrons. The fraction of sp³-hybridized carbons (Fsp3) is 0.357. The van der Waals surface area contributed by atoms with Crippen LogP contribution in [-0.4, -0.2) is 25.8 Å². The Morgan fingerprint density at radius 3 is 2.42 bits per heavy atom. The lowest BCUT2D eigenvalue weighted by Gasteiger charge is -2.04. The minimum atomic E-state index is -0.911. The van der Waals surface area contributed by atoms with Crippen LogP contribution in [0.5, 0.6) is 0 Å². The molecule has 0 aliphatic heterocycles. The highest BCUT2D eigenvalue weighted by molar-refractivity contribution is 5.87. The molecule has 1 heterocycles. The molecule has 0 amide bonds. The summed E-state index contributed by atoms with van der Waals surface area (Å²) in [4.78, 5) is 15.2. The first-order valence-electron chi connectivity index (χ1n) is 6.21. The molecule has 0 atom stereocenters. The van der Waals surface area contributed by atoms with E-state index < -0.39 is 5.97 Å². The number of carbonyl (C=O) groups is 1. The van der Waals surface area contributed by atoms with Crippen LogP contribution in [0.25, 0.3) is 0 Å². The second-order valence-corrected chi connectivity index (χ2v) is 4.83. The van der Waals surface area contributed by atoms with Crippen molar-refractivity contribution in [3.8, 4) is 0 Å². The SMILES string of the molecule is Cc1nc(C(C)C)nn1Cc1ccc(C(=O)O)cc1. The zero-order valence-corrected chi connectivity index (χ0v) is 11.3. The second-order valence-electron chi connectivity index (χ2n) is 4.83. The maximum absolute atomic E-state index is 10.8. The third-order valence-electron chi connectivity index (χ3n) is 2.92. The summed E-state index contributed by atoms with van der Waals surface area (Å²) in [6.45, 7) is 6.64. The van der Waals surface area contributed by atoms with Gasteiger partial charge in [-0.15, -0.1) is 0 Å². The van der Waals surface area contributed by atoms with Crippen LogP contribution in [0.3, 0.4) is 0 Å². The van der Waals surface area contributed by atoms with E-state index in [0.29, 0.717) is 18.0 Å². The number of aromatic carboxylic acids is 1. The molecule has 1 N–H and O–H groups in total. The molecule has 0 aliphatic carbocycles. The van der Waals surface area contributed by atoms with Crippen molar-refractivity contribution < 1.29 is 9.90 Å². The molecular weight excluding hydrogens is 242 g/mol. The van der Waals surface area contributed by atoms with Crippen LogP contribution in [0.1, 0.15) is 47.3 Å². The molecule has 19 heavy (non-hydrogen) atoms. The number of aryl methyl sites for hydroxylation is 1. The third-order valence-corrected chi connectivity index (χ3v) is 2.92. The van der Waals surface area contributed by atoms with Gasteiger partial charge in [-0.1, -0.05) is 26.0 Å². The van der Waals surface area contributed by atoms with Crippen molar-refractivity contribution in [3.05, 3.63) is 47.0 Å². The van der Waals surface area contributed by atoms with E-state index in [1.165, 1.54) is 0 Å². The van der Waals surface area contributed by atoms with Gasteiger partial charge in [0, 0.05) is 5.92 Å². The van der Waals surface area contributed by atoms with Crippen molar-refractivity contribution in [2.24, 2.45) is 0 Å². The zero-order valence-electron chi connectivity index (χ0n) is 11.3. The molecule has 5 nitrogen and oxygen atoms in total. The van der Waals surface area contributed by atoms with E-state index in [-0.39, 0.29) is 0 Å². The Morgan fingerprint density at radius 1 is 1.32 bits per heavy atom. The molecule has 100 valence electrons. The van der Waals surface area contributed by atoms with Crippen molar-refractivity contribution in [2.75, 3.05) is 0 Å². The van der Waals surface area contributed by atoms with E-state index in [1.807, 2.05) is 11.6 Å². The standard InChI is InChI=1S/C14H17N3O2/c1-9(2)13-15-10(3)17(16-13)8-11-4-6-12(7-5-11)14(18)19/h4-7,9H,8H2,1-3H3,(H,18,19). The normalized spacial score (nSPS) is 10.9. The number of benzene rings is 1. The smallest absolute Gasteiger partial charge is 0.335 e. The summed E-state index contributed by atoms with van der Waals surface area (Å²) in [6.07, 6.45) is 0. The molecule has 5 heteroatoms. The van der Waals surface area contributed by atoms with Gasteiger partial charge in [0.1, 0.15) is 5.82 Å². The van der Waals surface area contributed by atoms with E-state index in [2.05, 4.69) is 23.9 Å². The highest BCUT2D eigenvalue weighted by Gasteiger charge is 2.10. The molecule has 0 unspecified atom stereocenters. The molecule has 1 aromatic carbocycles. The Kier molecular flexibility index (Phi) is 3.64. The summed E-state index contributed by atoms with van der Waals surface area (Å²) in [6, 6.07) is 6.82. The van der Waals surface area contributed by atoms with E-state index in [1.54, 1.807) is 24.3 Å². The number of hydrogen-bond acceptors (Lipinski definition) is 3. The number of rotatable bonds is 4. The summed E-state index contributed by atoms with van der Waals surface area (Å²) in [7, 11) is 0. The van der Waals surface area contributed by atoms with E-state index in [0.717, 1.165) is 17.2 Å². The largest absolute Gasteiger partial charge is 0.478 e. The molecule has 0 fully saturated rings. The second kappa shape index (κ2) is 5.22. The van der Waals surface area contributed by atoms with Gasteiger partial charge >= 0.3 is 5.97 Å². The van der Waals surface area contributed by atoms with Crippen LogP contribution in [0, 0.1) is 6.92 Å². The first kappa shape index (κ1) is 13.3. The van der Waals surface area contributed by atoms with Crippen LogP contribution >= 0.6 is 0 Å². The lowest BCUT2D eigenvalue weighted by atomic mass is 10.1. The van der Waals surface area contributed by atoms with Crippen LogP contribution in [0.4, 0.5) is 0 Å². The highest BCUT2D eigenvalue weighted by atomic mass is 16.4. The average molecular weight is 259 g/mol. The zero-order chi connectivity index (χ0) is 14.0. The molecule has 0 bridgehead atoms. The number of carboxylic acid groups (broad SMARTS) is 1. The summed E-state index contributed by atoms with van der Waals surface area (Å²) < 4.78 is 1.84. The van der Waals surface area contributed by atoms with Gasteiger partial charge in [0.2, 0.25) is 0 Å². The van der Waals surface area contributed by atoms with E-state index in [4.69, 9.17) is 5.11 Å². The minimum Gasteiger partial charge on any atom is -0.478 e. The Bertz CT molecular complexity index is 585. The lowest BCUT2D eigenvalue weighted by Crippen LogP contribution is -2.05. The Morgan fingerprint density at radius 2 is 1.95 bits per heavy atom. The number of hydrogen-bond donors (Lipinski definition) is 1. The summed E-state index contributed by atoms with van der Waals surface area (Å²) >= 11 is 0. The Labute approximate surface area is 111 Å². The van der Waals surface area contributed by atoms with Crippen molar-refractivity contribution in [1.29, 1.82) is 0 Å². The van der Waals surface area contributed by atoms with Gasteiger partial charge in [0.15, 0.2) is 5.82 Å². The number of nitrogens with zero attached hydrogens (tertiary/aromatic N) is 3. The van der Waals surface area contributed by atoms with Gasteiger partial charge in [-0.05, 0) is 24.6 Å². The molecule has 0 saturated heterocycles. The van der Waals surface area contributed by atoms with E-state index in [9.17, 15) is 4.79 Å². The molecule has 2 rings (SSSR count). The van der Waals surface area contributed by atoms with Crippen molar-refractivity contribution in [2.45, 2.75) is 33.2 Å². The maximum Gasteiger partial charge on any atom is 0.335 e. The monoisotopic (exact) mass is 259 g/mol. The van der Waals surface area contributed by atoms with Gasteiger partial charge < -0.3 is 5.11 Å². The predicted molar refractivity (Wildman–Crippen MR) is 71.4 cm³/mol. The molecular formula is C14H17N3O2. The summed E-state index contributed by atoms with van der Waals surface area (Å²) in [5.41, 5.74) is 1.30. The third kappa shape index (κ3) is 2.99. The van der Waals surface area contributed by atoms with Crippen molar-refractivity contribution >= 4 is 5.97 Å². The van der Waals surface area contributed by atoms with Crippen molar-refractivity contribution in [3.63, 3.8) is 0 Å². The van der Waals surface area contributed by atoms with Gasteiger partial charge in [-0.25, -0.2) is 14.5 Å². The minimum absolute atomic E-state index is 0.293. The van der Waals surface area contributed by atoms with Gasteiger partial charge in [0.25, 0.3) is 0 Å². The maximum atomic E-state index is 10.8. The molecule has 1 aromatic heterocycles. The predicted octanol–water partition coefficient (Wildman–Crippen LogP) is 2.46. The van der Waals surface area contributed by atoms with Crippen LogP contribution in [0.15, 0.2) is 24.3 Å². The number of carboxylic acids is 1. The number of aromatic nitrogens is 3. The lowest BCUT2D eigenvalue weighted by molar-refractivity contribution is 0.0697. The fourth-order valence-electron chi connectivity index (χ4n) is 1.76. The quantitative estimate of drug-likeness (QED) is 0.915. The Hall–Kier alpha value is -2.17. The van der Waals surface area contributed by atoms with Crippen LogP contribution in [-0.2, 0) is 6.54 Å². The van der Waals surface area contributed by atoms with Gasteiger partial charge in [0.05, 0.1) is 12.1 Å². The van der Waals surface area contributed by atoms with Crippen LogP contribution < -0.4 is 0 Å². The Balaban J connectivity index is 2.19. The molecule has 2 aromatic rings. The first-order valence-corrected chi connectivity index (χ1v) is 6.21. The van der Waals surface area contributed by atoms with Crippen molar-refractivity contribution in [1.82, 2.24) is 14.8 Å². The molecule has 0 aliphatic rings. The first-order chi connectivity index (χ1) is 8.97.